The maximum absolute atomic E-state index is 13.7. The van der Waals surface area contributed by atoms with Crippen molar-refractivity contribution in [1.82, 2.24) is 4.98 Å². The molecule has 0 radical (unpaired) electrons. The van der Waals surface area contributed by atoms with Crippen LogP contribution in [0.15, 0.2) is 54.7 Å². The van der Waals surface area contributed by atoms with E-state index >= 15 is 0 Å². The summed E-state index contributed by atoms with van der Waals surface area (Å²) in [5.41, 5.74) is 0.951. The Morgan fingerprint density at radius 2 is 1.68 bits per heavy atom. The molecule has 0 unspecified atom stereocenters. The molecule has 8 heteroatoms. The molecule has 0 fully saturated rings. The molecule has 0 saturated carbocycles. The second-order valence-corrected chi connectivity index (χ2v) is 5.93. The lowest BCUT2D eigenvalue weighted by molar-refractivity contribution is 0.102. The van der Waals surface area contributed by atoms with Gasteiger partial charge in [0.05, 0.1) is 5.69 Å². The molecule has 0 aliphatic heterocycles. The summed E-state index contributed by atoms with van der Waals surface area (Å²) in [5, 5.41) is 4.79. The van der Waals surface area contributed by atoms with E-state index < -0.39 is 35.0 Å². The molecule has 142 valence electrons. The summed E-state index contributed by atoms with van der Waals surface area (Å²) in [5.74, 6) is -5.95. The molecule has 0 atom stereocenters. The number of amides is 2. The van der Waals surface area contributed by atoms with Crippen LogP contribution in [0.3, 0.4) is 0 Å². The van der Waals surface area contributed by atoms with E-state index in [0.29, 0.717) is 11.8 Å². The van der Waals surface area contributed by atoms with Gasteiger partial charge >= 0.3 is 0 Å². The smallest absolute Gasteiger partial charge is 0.274 e. The third kappa shape index (κ3) is 4.17. The maximum atomic E-state index is 13.7. The molecule has 1 heterocycles. The maximum Gasteiger partial charge on any atom is 0.274 e. The van der Waals surface area contributed by atoms with Crippen LogP contribution in [0.1, 0.15) is 26.4 Å². The standard InChI is InChI=1S/C20H14F3N3O2/c1-11-3-2-4-13(9-11)25-19(27)12-7-8-24-16(10-12)20(28)26-15-6-5-14(21)17(22)18(15)23/h2-10H,1H3,(H,25,27)(H,26,28). The number of pyridine rings is 1. The highest BCUT2D eigenvalue weighted by molar-refractivity contribution is 6.07. The molecule has 28 heavy (non-hydrogen) atoms. The monoisotopic (exact) mass is 385 g/mol. The van der Waals surface area contributed by atoms with Crippen LogP contribution in [-0.2, 0) is 0 Å². The molecule has 0 aliphatic carbocycles. The fourth-order valence-electron chi connectivity index (χ4n) is 2.43. The van der Waals surface area contributed by atoms with Crippen molar-refractivity contribution in [2.24, 2.45) is 0 Å². The molecule has 0 aliphatic rings. The highest BCUT2D eigenvalue weighted by atomic mass is 19.2. The second kappa shape index (κ2) is 7.91. The van der Waals surface area contributed by atoms with Crippen LogP contribution in [0, 0.1) is 24.4 Å². The molecule has 0 spiro atoms. The summed E-state index contributed by atoms with van der Waals surface area (Å²) in [6, 6.07) is 11.3. The number of carbonyl (C=O) groups excluding carboxylic acids is 2. The number of rotatable bonds is 4. The average molecular weight is 385 g/mol. The summed E-state index contributed by atoms with van der Waals surface area (Å²) in [7, 11) is 0. The molecule has 0 saturated heterocycles. The van der Waals surface area contributed by atoms with Gasteiger partial charge in [-0.05, 0) is 48.9 Å². The van der Waals surface area contributed by atoms with E-state index in [1.54, 1.807) is 18.2 Å². The number of nitrogens with zero attached hydrogens (tertiary/aromatic N) is 1. The minimum Gasteiger partial charge on any atom is -0.322 e. The van der Waals surface area contributed by atoms with Crippen molar-refractivity contribution < 1.29 is 22.8 Å². The number of anilines is 2. The average Bonchev–Trinajstić information content (AvgIpc) is 2.68. The van der Waals surface area contributed by atoms with Crippen LogP contribution in [0.5, 0.6) is 0 Å². The quantitative estimate of drug-likeness (QED) is 0.658. The van der Waals surface area contributed by atoms with Gasteiger partial charge in [-0.15, -0.1) is 0 Å². The number of hydrogen-bond acceptors (Lipinski definition) is 3. The summed E-state index contributed by atoms with van der Waals surface area (Å²) >= 11 is 0. The molecule has 3 aromatic rings. The molecule has 2 N–H and O–H groups in total. The fourth-order valence-corrected chi connectivity index (χ4v) is 2.43. The molecule has 1 aromatic heterocycles. The predicted octanol–water partition coefficient (Wildman–Crippen LogP) is 4.31. The number of hydrogen-bond donors (Lipinski definition) is 2. The number of carbonyl (C=O) groups is 2. The van der Waals surface area contributed by atoms with Crippen molar-refractivity contribution in [1.29, 1.82) is 0 Å². The number of benzene rings is 2. The molecule has 2 amide bonds. The van der Waals surface area contributed by atoms with Crippen LogP contribution in [0.2, 0.25) is 0 Å². The first kappa shape index (κ1) is 19.1. The van der Waals surface area contributed by atoms with Gasteiger partial charge in [0.1, 0.15) is 5.69 Å². The highest BCUT2D eigenvalue weighted by Gasteiger charge is 2.17. The SMILES string of the molecule is Cc1cccc(NC(=O)c2ccnc(C(=O)Nc3ccc(F)c(F)c3F)c2)c1. The number of aryl methyl sites for hydroxylation is 1. The van der Waals surface area contributed by atoms with E-state index in [-0.39, 0.29) is 11.3 Å². The summed E-state index contributed by atoms with van der Waals surface area (Å²) in [4.78, 5) is 28.5. The van der Waals surface area contributed by atoms with Crippen LogP contribution in [0.25, 0.3) is 0 Å². The van der Waals surface area contributed by atoms with E-state index in [0.717, 1.165) is 11.6 Å². The Bertz CT molecular complexity index is 1070. The van der Waals surface area contributed by atoms with Gasteiger partial charge in [0, 0.05) is 17.4 Å². The first-order chi connectivity index (χ1) is 13.3. The van der Waals surface area contributed by atoms with Gasteiger partial charge in [-0.3, -0.25) is 14.6 Å². The van der Waals surface area contributed by atoms with Gasteiger partial charge in [-0.2, -0.15) is 0 Å². The third-order valence-corrected chi connectivity index (χ3v) is 3.81. The second-order valence-electron chi connectivity index (χ2n) is 5.93. The van der Waals surface area contributed by atoms with Crippen molar-refractivity contribution >= 4 is 23.2 Å². The van der Waals surface area contributed by atoms with E-state index in [2.05, 4.69) is 15.6 Å². The fraction of sp³-hybridized carbons (Fsp3) is 0.0500. The zero-order valence-electron chi connectivity index (χ0n) is 14.6. The summed E-state index contributed by atoms with van der Waals surface area (Å²) in [6.45, 7) is 1.88. The van der Waals surface area contributed by atoms with Crippen LogP contribution >= 0.6 is 0 Å². The molecule has 3 rings (SSSR count). The number of nitrogens with one attached hydrogen (secondary N) is 2. The van der Waals surface area contributed by atoms with Crippen molar-refractivity contribution in [3.05, 3.63) is 89.0 Å². The Morgan fingerprint density at radius 3 is 2.43 bits per heavy atom. The molecule has 2 aromatic carbocycles. The topological polar surface area (TPSA) is 71.1 Å². The Morgan fingerprint density at radius 1 is 0.893 bits per heavy atom. The highest BCUT2D eigenvalue weighted by Crippen LogP contribution is 2.20. The predicted molar refractivity (Wildman–Crippen MR) is 97.6 cm³/mol. The van der Waals surface area contributed by atoms with E-state index in [9.17, 15) is 22.8 Å². The van der Waals surface area contributed by atoms with E-state index in [4.69, 9.17) is 0 Å². The molecular weight excluding hydrogens is 371 g/mol. The Hall–Kier alpha value is -3.68. The van der Waals surface area contributed by atoms with Crippen LogP contribution in [0.4, 0.5) is 24.5 Å². The third-order valence-electron chi connectivity index (χ3n) is 3.81. The first-order valence-corrected chi connectivity index (χ1v) is 8.14. The lowest BCUT2D eigenvalue weighted by Gasteiger charge is -2.09. The number of halogens is 3. The van der Waals surface area contributed by atoms with Gasteiger partial charge in [0.2, 0.25) is 0 Å². The van der Waals surface area contributed by atoms with Gasteiger partial charge in [-0.1, -0.05) is 12.1 Å². The van der Waals surface area contributed by atoms with Crippen LogP contribution in [-0.4, -0.2) is 16.8 Å². The zero-order valence-corrected chi connectivity index (χ0v) is 14.6. The molecule has 5 nitrogen and oxygen atoms in total. The molecular formula is C20H14F3N3O2. The van der Waals surface area contributed by atoms with Gasteiger partial charge in [0.15, 0.2) is 17.5 Å². The summed E-state index contributed by atoms with van der Waals surface area (Å²) < 4.78 is 40.0. The van der Waals surface area contributed by atoms with Crippen molar-refractivity contribution in [3.8, 4) is 0 Å². The first-order valence-electron chi connectivity index (χ1n) is 8.14. The lowest BCUT2D eigenvalue weighted by atomic mass is 10.2. The normalized spacial score (nSPS) is 10.4. The van der Waals surface area contributed by atoms with Crippen molar-refractivity contribution in [2.75, 3.05) is 10.6 Å². The Kier molecular flexibility index (Phi) is 5.39. The van der Waals surface area contributed by atoms with E-state index in [1.807, 2.05) is 13.0 Å². The Labute approximate surface area is 158 Å². The Balaban J connectivity index is 1.78. The minimum absolute atomic E-state index is 0.146. The minimum atomic E-state index is -1.70. The largest absolute Gasteiger partial charge is 0.322 e. The zero-order chi connectivity index (χ0) is 20.3. The van der Waals surface area contributed by atoms with Gasteiger partial charge in [0.25, 0.3) is 11.8 Å². The van der Waals surface area contributed by atoms with Gasteiger partial charge < -0.3 is 10.6 Å². The van der Waals surface area contributed by atoms with Crippen molar-refractivity contribution in [2.45, 2.75) is 6.92 Å². The molecule has 0 bridgehead atoms. The summed E-state index contributed by atoms with van der Waals surface area (Å²) in [6.07, 6.45) is 1.24. The van der Waals surface area contributed by atoms with Crippen molar-refractivity contribution in [3.63, 3.8) is 0 Å². The lowest BCUT2D eigenvalue weighted by Crippen LogP contribution is -2.18. The van der Waals surface area contributed by atoms with Gasteiger partial charge in [-0.25, -0.2) is 13.2 Å². The van der Waals surface area contributed by atoms with E-state index in [1.165, 1.54) is 18.3 Å². The number of aromatic nitrogens is 1. The van der Waals surface area contributed by atoms with Crippen LogP contribution < -0.4 is 10.6 Å².